The van der Waals surface area contributed by atoms with Crippen LogP contribution in [-0.2, 0) is 5.41 Å². The van der Waals surface area contributed by atoms with E-state index in [1.54, 1.807) is 12.1 Å². The van der Waals surface area contributed by atoms with Gasteiger partial charge in [-0.25, -0.2) is 8.78 Å². The molecule has 2 rings (SSSR count). The van der Waals surface area contributed by atoms with E-state index in [-0.39, 0.29) is 5.41 Å². The summed E-state index contributed by atoms with van der Waals surface area (Å²) in [5, 5.41) is 0. The third-order valence-corrected chi connectivity index (χ3v) is 4.01. The Bertz CT molecular complexity index is 365. The molecule has 0 aromatic heterocycles. The zero-order valence-electron chi connectivity index (χ0n) is 9.73. The third kappa shape index (κ3) is 1.85. The first-order valence-corrected chi connectivity index (χ1v) is 6.14. The molecule has 88 valence electrons. The van der Waals surface area contributed by atoms with Gasteiger partial charge >= 0.3 is 0 Å². The second-order valence-electron chi connectivity index (χ2n) is 4.80. The quantitative estimate of drug-likeness (QED) is 0.690. The van der Waals surface area contributed by atoms with Crippen LogP contribution in [0.1, 0.15) is 51.0 Å². The van der Waals surface area contributed by atoms with Crippen LogP contribution in [0.15, 0.2) is 18.2 Å². The Morgan fingerprint density at radius 2 is 1.81 bits per heavy atom. The number of rotatable bonds is 2. The minimum Gasteiger partial charge on any atom is -0.204 e. The molecule has 0 radical (unpaired) electrons. The lowest BCUT2D eigenvalue weighted by molar-refractivity contribution is 0.271. The average Bonchev–Trinajstić information content (AvgIpc) is 2.33. The summed E-state index contributed by atoms with van der Waals surface area (Å²) in [4.78, 5) is 0. The minimum absolute atomic E-state index is 0.121. The first-order chi connectivity index (χ1) is 7.69. The molecule has 0 spiro atoms. The minimum atomic E-state index is -0.712. The standard InChI is InChI=1S/C14H18F2/c1-2-14(9-4-3-5-10-14)11-7-6-8-12(15)13(11)16/h6-8H,2-5,9-10H2,1H3. The largest absolute Gasteiger partial charge is 0.204 e. The van der Waals surface area contributed by atoms with Crippen molar-refractivity contribution in [1.82, 2.24) is 0 Å². The molecule has 0 saturated heterocycles. The fraction of sp³-hybridized carbons (Fsp3) is 0.571. The van der Waals surface area contributed by atoms with E-state index < -0.39 is 11.6 Å². The van der Waals surface area contributed by atoms with Crippen molar-refractivity contribution in [2.24, 2.45) is 0 Å². The van der Waals surface area contributed by atoms with Gasteiger partial charge in [0.2, 0.25) is 0 Å². The zero-order valence-corrected chi connectivity index (χ0v) is 9.73. The van der Waals surface area contributed by atoms with Gasteiger partial charge in [-0.2, -0.15) is 0 Å². The van der Waals surface area contributed by atoms with Crippen LogP contribution in [0.5, 0.6) is 0 Å². The maximum absolute atomic E-state index is 13.8. The summed E-state index contributed by atoms with van der Waals surface area (Å²) in [6.07, 6.45) is 6.35. The summed E-state index contributed by atoms with van der Waals surface area (Å²) in [6, 6.07) is 4.58. The first kappa shape index (κ1) is 11.6. The molecule has 0 nitrogen and oxygen atoms in total. The lowest BCUT2D eigenvalue weighted by Gasteiger charge is -2.37. The molecule has 2 heteroatoms. The maximum Gasteiger partial charge on any atom is 0.162 e. The van der Waals surface area contributed by atoms with E-state index in [1.165, 1.54) is 12.5 Å². The lowest BCUT2D eigenvalue weighted by atomic mass is 9.67. The van der Waals surface area contributed by atoms with Gasteiger partial charge in [0, 0.05) is 0 Å². The molecule has 1 aliphatic rings. The van der Waals surface area contributed by atoms with Crippen molar-refractivity contribution < 1.29 is 8.78 Å². The number of hydrogen-bond acceptors (Lipinski definition) is 0. The van der Waals surface area contributed by atoms with Crippen molar-refractivity contribution in [1.29, 1.82) is 0 Å². The van der Waals surface area contributed by atoms with Crippen molar-refractivity contribution in [3.05, 3.63) is 35.4 Å². The molecule has 1 aromatic rings. The maximum atomic E-state index is 13.8. The summed E-state index contributed by atoms with van der Waals surface area (Å²) in [5.74, 6) is -1.35. The molecular weight excluding hydrogens is 206 g/mol. The Labute approximate surface area is 95.7 Å². The average molecular weight is 224 g/mol. The van der Waals surface area contributed by atoms with E-state index in [4.69, 9.17) is 0 Å². The number of benzene rings is 1. The van der Waals surface area contributed by atoms with Gasteiger partial charge in [-0.05, 0) is 36.3 Å². The molecule has 1 saturated carbocycles. The van der Waals surface area contributed by atoms with E-state index in [0.29, 0.717) is 5.56 Å². The van der Waals surface area contributed by atoms with Crippen LogP contribution in [0.3, 0.4) is 0 Å². The van der Waals surface area contributed by atoms with Gasteiger partial charge in [-0.15, -0.1) is 0 Å². The van der Waals surface area contributed by atoms with Crippen LogP contribution in [0.2, 0.25) is 0 Å². The highest BCUT2D eigenvalue weighted by atomic mass is 19.2. The third-order valence-electron chi connectivity index (χ3n) is 4.01. The Morgan fingerprint density at radius 3 is 2.44 bits per heavy atom. The Morgan fingerprint density at radius 1 is 1.12 bits per heavy atom. The molecule has 0 unspecified atom stereocenters. The van der Waals surface area contributed by atoms with Crippen molar-refractivity contribution in [3.8, 4) is 0 Å². The molecule has 1 aliphatic carbocycles. The fourth-order valence-electron chi connectivity index (χ4n) is 2.96. The molecule has 1 aromatic carbocycles. The molecule has 0 heterocycles. The Balaban J connectivity index is 2.43. The highest BCUT2D eigenvalue weighted by Gasteiger charge is 2.34. The summed E-state index contributed by atoms with van der Waals surface area (Å²) in [6.45, 7) is 2.08. The Hall–Kier alpha value is -0.920. The van der Waals surface area contributed by atoms with Crippen molar-refractivity contribution in [2.75, 3.05) is 0 Å². The summed E-state index contributed by atoms with van der Waals surface area (Å²) in [7, 11) is 0. The molecule has 0 amide bonds. The Kier molecular flexibility index (Phi) is 3.27. The van der Waals surface area contributed by atoms with E-state index in [2.05, 4.69) is 6.92 Å². The summed E-state index contributed by atoms with van der Waals surface area (Å²) >= 11 is 0. The predicted octanol–water partition coefficient (Wildman–Crippen LogP) is 4.58. The summed E-state index contributed by atoms with van der Waals surface area (Å²) < 4.78 is 27.1. The smallest absolute Gasteiger partial charge is 0.162 e. The molecule has 0 bridgehead atoms. The summed E-state index contributed by atoms with van der Waals surface area (Å²) in [5.41, 5.74) is 0.472. The van der Waals surface area contributed by atoms with Gasteiger partial charge in [0.15, 0.2) is 11.6 Å². The molecule has 0 aliphatic heterocycles. The van der Waals surface area contributed by atoms with E-state index in [9.17, 15) is 8.78 Å². The number of hydrogen-bond donors (Lipinski definition) is 0. The second-order valence-corrected chi connectivity index (χ2v) is 4.80. The topological polar surface area (TPSA) is 0 Å². The highest BCUT2D eigenvalue weighted by Crippen LogP contribution is 2.43. The molecular formula is C14H18F2. The fourth-order valence-corrected chi connectivity index (χ4v) is 2.96. The normalized spacial score (nSPS) is 19.7. The van der Waals surface area contributed by atoms with E-state index >= 15 is 0 Å². The van der Waals surface area contributed by atoms with Crippen LogP contribution in [0.25, 0.3) is 0 Å². The molecule has 0 atom stereocenters. The van der Waals surface area contributed by atoms with Gasteiger partial charge in [0.25, 0.3) is 0 Å². The SMILES string of the molecule is CCC1(c2cccc(F)c2F)CCCCC1. The van der Waals surface area contributed by atoms with Gasteiger partial charge in [-0.3, -0.25) is 0 Å². The zero-order chi connectivity index (χ0) is 11.6. The van der Waals surface area contributed by atoms with Crippen LogP contribution in [0, 0.1) is 11.6 Å². The van der Waals surface area contributed by atoms with Gasteiger partial charge < -0.3 is 0 Å². The van der Waals surface area contributed by atoms with Crippen LogP contribution >= 0.6 is 0 Å². The van der Waals surface area contributed by atoms with E-state index in [1.807, 2.05) is 0 Å². The molecule has 1 fully saturated rings. The van der Waals surface area contributed by atoms with Gasteiger partial charge in [0.05, 0.1) is 0 Å². The van der Waals surface area contributed by atoms with Gasteiger partial charge in [0.1, 0.15) is 0 Å². The second kappa shape index (κ2) is 4.52. The first-order valence-electron chi connectivity index (χ1n) is 6.14. The van der Waals surface area contributed by atoms with Crippen LogP contribution in [-0.4, -0.2) is 0 Å². The molecule has 0 N–H and O–H groups in total. The van der Waals surface area contributed by atoms with Gasteiger partial charge in [-0.1, -0.05) is 38.3 Å². The van der Waals surface area contributed by atoms with E-state index in [0.717, 1.165) is 32.1 Å². The van der Waals surface area contributed by atoms with Crippen molar-refractivity contribution >= 4 is 0 Å². The molecule has 16 heavy (non-hydrogen) atoms. The monoisotopic (exact) mass is 224 g/mol. The van der Waals surface area contributed by atoms with Crippen LogP contribution < -0.4 is 0 Å². The van der Waals surface area contributed by atoms with Crippen molar-refractivity contribution in [3.63, 3.8) is 0 Å². The van der Waals surface area contributed by atoms with Crippen LogP contribution in [0.4, 0.5) is 8.78 Å². The lowest BCUT2D eigenvalue weighted by Crippen LogP contribution is -2.29. The number of halogens is 2. The highest BCUT2D eigenvalue weighted by molar-refractivity contribution is 5.28. The predicted molar refractivity (Wildman–Crippen MR) is 61.4 cm³/mol. The van der Waals surface area contributed by atoms with Crippen molar-refractivity contribution in [2.45, 2.75) is 50.9 Å².